The second-order valence-corrected chi connectivity index (χ2v) is 9.49. The predicted molar refractivity (Wildman–Crippen MR) is 100 cm³/mol. The van der Waals surface area contributed by atoms with Crippen molar-refractivity contribution in [3.63, 3.8) is 0 Å². The zero-order chi connectivity index (χ0) is 21.1. The van der Waals surface area contributed by atoms with Crippen molar-refractivity contribution in [2.24, 2.45) is 11.1 Å². The van der Waals surface area contributed by atoms with Crippen LogP contribution in [0.5, 0.6) is 0 Å². The quantitative estimate of drug-likeness (QED) is 0.303. The Balaban J connectivity index is 1.59. The number of carbonyl (C=O) groups is 2. The smallest absolute Gasteiger partial charge is 0.352 e. The summed E-state index contributed by atoms with van der Waals surface area (Å²) in [6.07, 6.45) is 3.11. The summed E-state index contributed by atoms with van der Waals surface area (Å²) in [5.41, 5.74) is 1.27. The van der Waals surface area contributed by atoms with E-state index >= 15 is 0 Å². The summed E-state index contributed by atoms with van der Waals surface area (Å²) >= 11 is 1.41. The molecular formula is C16H20N5O6S2+. The number of fused-ring (bicyclic) bond motifs is 2. The van der Waals surface area contributed by atoms with E-state index in [1.54, 1.807) is 20.7 Å². The van der Waals surface area contributed by atoms with E-state index in [2.05, 4.69) is 4.72 Å². The number of carboxylic acids is 1. The van der Waals surface area contributed by atoms with Crippen molar-refractivity contribution in [1.82, 2.24) is 14.0 Å². The highest BCUT2D eigenvalue weighted by Crippen LogP contribution is 2.43. The van der Waals surface area contributed by atoms with Gasteiger partial charge in [0.1, 0.15) is 24.1 Å². The summed E-state index contributed by atoms with van der Waals surface area (Å²) < 4.78 is 28.0. The van der Waals surface area contributed by atoms with E-state index in [-0.39, 0.29) is 30.7 Å². The van der Waals surface area contributed by atoms with Crippen LogP contribution in [0.3, 0.4) is 0 Å². The van der Waals surface area contributed by atoms with E-state index in [1.165, 1.54) is 23.2 Å². The summed E-state index contributed by atoms with van der Waals surface area (Å²) in [6, 6.07) is -0.331. The first-order valence-corrected chi connectivity index (χ1v) is 11.2. The van der Waals surface area contributed by atoms with Gasteiger partial charge in [0.25, 0.3) is 10.2 Å². The number of aromatic nitrogens is 2. The number of aliphatic carboxylic acids is 1. The van der Waals surface area contributed by atoms with Crippen LogP contribution >= 0.6 is 11.3 Å². The largest absolute Gasteiger partial charge is 0.477 e. The number of aliphatic hydroxyl groups is 1. The number of nitrogens with two attached hydrogens (primary N) is 1. The van der Waals surface area contributed by atoms with Crippen molar-refractivity contribution >= 4 is 38.3 Å². The minimum Gasteiger partial charge on any atom is -0.477 e. The van der Waals surface area contributed by atoms with Gasteiger partial charge in [-0.05, 0) is 13.3 Å². The molecule has 4 heterocycles. The van der Waals surface area contributed by atoms with Gasteiger partial charge in [-0.2, -0.15) is 17.5 Å². The Hall–Kier alpha value is -2.32. The van der Waals surface area contributed by atoms with Crippen LogP contribution in [-0.2, 0) is 32.9 Å². The summed E-state index contributed by atoms with van der Waals surface area (Å²) in [6.45, 7) is 1.83. The number of β-lactam (4-membered cyclic amide) rings is 1. The maximum atomic E-state index is 12.3. The van der Waals surface area contributed by atoms with Gasteiger partial charge in [0.05, 0.1) is 24.6 Å². The fourth-order valence-corrected chi connectivity index (χ4v) is 5.32. The van der Waals surface area contributed by atoms with Crippen molar-refractivity contribution < 1.29 is 32.8 Å². The van der Waals surface area contributed by atoms with Crippen LogP contribution in [0, 0.1) is 5.92 Å². The molecule has 13 heteroatoms. The number of hydrogen-bond acceptors (Lipinski definition) is 6. The summed E-state index contributed by atoms with van der Waals surface area (Å²) in [4.78, 5) is 26.2. The van der Waals surface area contributed by atoms with E-state index in [0.717, 1.165) is 4.83 Å². The van der Waals surface area contributed by atoms with Gasteiger partial charge in [-0.25, -0.2) is 14.5 Å². The number of aliphatic hydroxyl groups excluding tert-OH is 1. The molecule has 0 saturated carbocycles. The molecule has 5 N–H and O–H groups in total. The first-order chi connectivity index (χ1) is 13.6. The number of rotatable bonds is 7. The number of nitrogens with zero attached hydrogens (tertiary/aromatic N) is 3. The Bertz CT molecular complexity index is 1150. The number of nitrogens with one attached hydrogen (secondary N) is 1. The van der Waals surface area contributed by atoms with Crippen LogP contribution in [-0.4, -0.2) is 52.0 Å². The average molecular weight is 442 g/mol. The third kappa shape index (κ3) is 3.44. The highest BCUT2D eigenvalue weighted by molar-refractivity contribution is 7.87. The van der Waals surface area contributed by atoms with Gasteiger partial charge in [0.15, 0.2) is 0 Å². The molecule has 0 bridgehead atoms. The lowest BCUT2D eigenvalue weighted by Gasteiger charge is -2.44. The van der Waals surface area contributed by atoms with Crippen LogP contribution in [0.15, 0.2) is 29.2 Å². The minimum absolute atomic E-state index is 0.0185. The molecule has 156 valence electrons. The molecule has 2 aromatic rings. The molecule has 29 heavy (non-hydrogen) atoms. The lowest BCUT2D eigenvalue weighted by molar-refractivity contribution is -0.687. The molecule has 11 nitrogen and oxygen atoms in total. The summed E-state index contributed by atoms with van der Waals surface area (Å²) in [7, 11) is -3.82. The zero-order valence-electron chi connectivity index (χ0n) is 15.3. The van der Waals surface area contributed by atoms with Crippen LogP contribution in [0.4, 0.5) is 0 Å². The second kappa shape index (κ2) is 6.88. The predicted octanol–water partition coefficient (Wildman–Crippen LogP) is -1.47. The molecule has 0 aliphatic carbocycles. The van der Waals surface area contributed by atoms with E-state index in [9.17, 15) is 28.2 Å². The molecule has 2 aromatic heterocycles. The van der Waals surface area contributed by atoms with Crippen molar-refractivity contribution in [3.05, 3.63) is 34.9 Å². The van der Waals surface area contributed by atoms with Gasteiger partial charge in [-0.3, -0.25) is 4.79 Å². The number of hydrogen-bond donors (Lipinski definition) is 4. The van der Waals surface area contributed by atoms with Gasteiger partial charge in [0, 0.05) is 11.0 Å². The number of imidazole rings is 1. The van der Waals surface area contributed by atoms with Gasteiger partial charge >= 0.3 is 5.97 Å². The second-order valence-electron chi connectivity index (χ2n) is 7.22. The third-order valence-electron chi connectivity index (χ3n) is 5.25. The van der Waals surface area contributed by atoms with Gasteiger partial charge in [-0.15, -0.1) is 0 Å². The lowest BCUT2D eigenvalue weighted by atomic mass is 9.83. The third-order valence-corrected chi connectivity index (χ3v) is 6.73. The molecule has 1 fully saturated rings. The number of thiazole rings is 1. The Labute approximate surface area is 169 Å². The fourth-order valence-electron chi connectivity index (χ4n) is 4.04. The van der Waals surface area contributed by atoms with E-state index < -0.39 is 28.2 Å². The molecule has 2 aliphatic heterocycles. The number of amides is 1. The molecule has 1 saturated heterocycles. The topological polar surface area (TPSA) is 158 Å². The van der Waals surface area contributed by atoms with Crippen molar-refractivity contribution in [2.45, 2.75) is 38.6 Å². The molecule has 1 amide bonds. The highest BCUT2D eigenvalue weighted by Gasteiger charge is 2.56. The maximum absolute atomic E-state index is 12.3. The van der Waals surface area contributed by atoms with E-state index in [4.69, 9.17) is 5.14 Å². The lowest BCUT2D eigenvalue weighted by Crippen LogP contribution is -2.61. The summed E-state index contributed by atoms with van der Waals surface area (Å²) in [5.74, 6) is -2.11. The van der Waals surface area contributed by atoms with Crippen molar-refractivity contribution in [1.29, 1.82) is 0 Å². The molecular weight excluding hydrogens is 422 g/mol. The zero-order valence-corrected chi connectivity index (χ0v) is 17.0. The fraction of sp³-hybridized carbons (Fsp3) is 0.438. The van der Waals surface area contributed by atoms with Gasteiger partial charge in [-0.1, -0.05) is 11.3 Å². The Morgan fingerprint density at radius 1 is 1.52 bits per heavy atom. The monoisotopic (exact) mass is 442 g/mol. The molecule has 0 unspecified atom stereocenters. The first kappa shape index (κ1) is 20.0. The van der Waals surface area contributed by atoms with Crippen LogP contribution in [0.25, 0.3) is 4.83 Å². The SMILES string of the molecule is C[C@@H](O)[C@H]1C(=O)N2C(C(=O)O)=C(C[n+]3cc4scc(CNS(N)(=O)=O)n4c3)C[C@H]12. The number of carboxylic acid groups (broad SMARTS) is 1. The molecule has 0 spiro atoms. The minimum atomic E-state index is -3.82. The van der Waals surface area contributed by atoms with Crippen LogP contribution in [0.1, 0.15) is 19.0 Å². The normalized spacial score (nSPS) is 22.9. The Morgan fingerprint density at radius 3 is 2.86 bits per heavy atom. The standard InChI is InChI=1S/C16H19N5O6S2/c1-8(22)13-11-2-9(14(16(24)25)21(11)15(13)23)4-19-5-12-20(7-19)10(6-28-12)3-18-29(17,26)27/h5-8,11,13,18,22H,2-4H2,1H3,(H2-,17,24,25,26,27)/p+1/t8-,11-,13-/m1/s1. The maximum Gasteiger partial charge on any atom is 0.352 e. The first-order valence-electron chi connectivity index (χ1n) is 8.78. The molecule has 2 aliphatic rings. The van der Waals surface area contributed by atoms with Gasteiger partial charge in [0.2, 0.25) is 17.1 Å². The molecule has 3 atom stereocenters. The Kier molecular flexibility index (Phi) is 4.74. The van der Waals surface area contributed by atoms with Gasteiger partial charge < -0.3 is 15.1 Å². The molecule has 4 rings (SSSR count). The van der Waals surface area contributed by atoms with Crippen molar-refractivity contribution in [2.75, 3.05) is 0 Å². The highest BCUT2D eigenvalue weighted by atomic mass is 32.2. The summed E-state index contributed by atoms with van der Waals surface area (Å²) in [5, 5.41) is 26.2. The molecule has 0 radical (unpaired) electrons. The average Bonchev–Trinajstić information content (AvgIpc) is 3.23. The van der Waals surface area contributed by atoms with E-state index in [0.29, 0.717) is 17.7 Å². The number of carbonyl (C=O) groups excluding carboxylic acids is 1. The van der Waals surface area contributed by atoms with Crippen molar-refractivity contribution in [3.8, 4) is 0 Å². The molecule has 0 aromatic carbocycles. The Morgan fingerprint density at radius 2 is 2.24 bits per heavy atom. The van der Waals surface area contributed by atoms with Crippen LogP contribution in [0.2, 0.25) is 0 Å². The van der Waals surface area contributed by atoms with Crippen LogP contribution < -0.4 is 14.4 Å². The van der Waals surface area contributed by atoms with E-state index in [1.807, 2.05) is 6.20 Å².